The second-order valence-electron chi connectivity index (χ2n) is 7.05. The minimum atomic E-state index is -3.87. The van der Waals surface area contributed by atoms with Crippen molar-refractivity contribution in [3.05, 3.63) is 66.5 Å². The molecule has 164 valence electrons. The van der Waals surface area contributed by atoms with Crippen LogP contribution in [0.1, 0.15) is 5.56 Å². The molecule has 0 bridgehead atoms. The lowest BCUT2D eigenvalue weighted by molar-refractivity contribution is -0.133. The van der Waals surface area contributed by atoms with E-state index in [4.69, 9.17) is 4.74 Å². The summed E-state index contributed by atoms with van der Waals surface area (Å²) in [6, 6.07) is 12.6. The minimum Gasteiger partial charge on any atom is -0.423 e. The fourth-order valence-electron chi connectivity index (χ4n) is 3.12. The van der Waals surface area contributed by atoms with E-state index >= 15 is 0 Å². The number of hydrogen-bond acceptors (Lipinski definition) is 8. The molecule has 0 saturated heterocycles. The lowest BCUT2D eigenvalue weighted by Gasteiger charge is -2.29. The fourth-order valence-corrected chi connectivity index (χ4v) is 4.08. The number of benzene rings is 2. The Labute approximate surface area is 184 Å². The third-order valence-electron chi connectivity index (χ3n) is 4.57. The highest BCUT2D eigenvalue weighted by Gasteiger charge is 2.26. The minimum absolute atomic E-state index is 0.00821. The number of anilines is 3. The van der Waals surface area contributed by atoms with Crippen LogP contribution >= 0.6 is 0 Å². The summed E-state index contributed by atoms with van der Waals surface area (Å²) >= 11 is 0. The van der Waals surface area contributed by atoms with Crippen LogP contribution in [0.4, 0.5) is 17.3 Å². The van der Waals surface area contributed by atoms with Crippen molar-refractivity contribution in [3.63, 3.8) is 0 Å². The summed E-state index contributed by atoms with van der Waals surface area (Å²) in [7, 11) is -3.87. The van der Waals surface area contributed by atoms with Crippen molar-refractivity contribution < 1.29 is 22.7 Å². The van der Waals surface area contributed by atoms with Crippen molar-refractivity contribution in [1.29, 1.82) is 0 Å². The molecule has 0 spiro atoms. The summed E-state index contributed by atoms with van der Waals surface area (Å²) < 4.78 is 32.4. The Morgan fingerprint density at radius 3 is 2.56 bits per heavy atom. The number of carbonyl (C=O) groups is 2. The third kappa shape index (κ3) is 4.83. The van der Waals surface area contributed by atoms with E-state index < -0.39 is 16.0 Å². The van der Waals surface area contributed by atoms with Gasteiger partial charge in [0.25, 0.3) is 10.0 Å². The zero-order valence-corrected chi connectivity index (χ0v) is 17.8. The number of rotatable bonds is 6. The molecule has 2 heterocycles. The Bertz CT molecular complexity index is 1260. The number of hydrogen-bond donors (Lipinski definition) is 2. The van der Waals surface area contributed by atoms with Crippen LogP contribution in [0.5, 0.6) is 5.75 Å². The van der Waals surface area contributed by atoms with E-state index in [1.54, 1.807) is 17.0 Å². The quantitative estimate of drug-likeness (QED) is 0.428. The van der Waals surface area contributed by atoms with Gasteiger partial charge in [-0.25, -0.2) is 27.9 Å². The van der Waals surface area contributed by atoms with Crippen LogP contribution in [0, 0.1) is 6.92 Å². The molecule has 2 aromatic carbocycles. The number of carbonyl (C=O) groups excluding carboxylic acids is 2. The summed E-state index contributed by atoms with van der Waals surface area (Å²) in [6.45, 7) is 1.79. The number of ether oxygens (including phenoxy) is 1. The topological polar surface area (TPSA) is 131 Å². The van der Waals surface area contributed by atoms with Crippen LogP contribution in [0.2, 0.25) is 0 Å². The van der Waals surface area contributed by atoms with Crippen LogP contribution in [0.3, 0.4) is 0 Å². The standard InChI is InChI=1S/C21H19N5O5S/c1-14-3-8-18-17(11-14)26(13-20(28)31-18)12-19(27)24-15-4-6-16(7-5-15)32(29,30)25-21-22-9-2-10-23-21/h2-11H,12-13H2,1H3,(H,24,27)(H,22,23,25). The molecule has 4 rings (SSSR count). The largest absolute Gasteiger partial charge is 0.423 e. The number of nitrogens with one attached hydrogen (secondary N) is 2. The first-order valence-corrected chi connectivity index (χ1v) is 11.0. The first-order chi connectivity index (χ1) is 15.3. The van der Waals surface area contributed by atoms with Gasteiger partial charge in [0.05, 0.1) is 17.1 Å². The molecule has 0 radical (unpaired) electrons. The average Bonchev–Trinajstić information content (AvgIpc) is 2.75. The number of nitrogens with zero attached hydrogens (tertiary/aromatic N) is 3. The maximum absolute atomic E-state index is 12.6. The van der Waals surface area contributed by atoms with Crippen molar-refractivity contribution in [2.24, 2.45) is 0 Å². The molecule has 0 atom stereocenters. The summed E-state index contributed by atoms with van der Waals surface area (Å²) in [6.07, 6.45) is 2.84. The zero-order chi connectivity index (χ0) is 22.7. The van der Waals surface area contributed by atoms with Gasteiger partial charge in [0, 0.05) is 18.1 Å². The first-order valence-electron chi connectivity index (χ1n) is 9.56. The van der Waals surface area contributed by atoms with E-state index in [2.05, 4.69) is 20.0 Å². The molecule has 0 saturated carbocycles. The van der Waals surface area contributed by atoms with Crippen LogP contribution < -0.4 is 19.7 Å². The normalized spacial score (nSPS) is 13.2. The average molecular weight is 453 g/mol. The molecule has 32 heavy (non-hydrogen) atoms. The van der Waals surface area contributed by atoms with Crippen molar-refractivity contribution in [2.75, 3.05) is 28.0 Å². The molecule has 1 aromatic heterocycles. The highest BCUT2D eigenvalue weighted by atomic mass is 32.2. The SMILES string of the molecule is Cc1ccc2c(c1)N(CC(=O)Nc1ccc(S(=O)(=O)Nc3ncccn3)cc1)CC(=O)O2. The Morgan fingerprint density at radius 2 is 1.84 bits per heavy atom. The molecular formula is C21H19N5O5S. The van der Waals surface area contributed by atoms with Gasteiger partial charge in [-0.1, -0.05) is 6.07 Å². The molecule has 0 unspecified atom stereocenters. The van der Waals surface area contributed by atoms with Crippen LogP contribution in [0.15, 0.2) is 65.8 Å². The Balaban J connectivity index is 1.42. The second-order valence-corrected chi connectivity index (χ2v) is 8.73. The summed E-state index contributed by atoms with van der Waals surface area (Å²) in [5.41, 5.74) is 2.04. The predicted molar refractivity (Wildman–Crippen MR) is 117 cm³/mol. The molecule has 1 aliphatic heterocycles. The van der Waals surface area contributed by atoms with Crippen molar-refractivity contribution in [3.8, 4) is 5.75 Å². The van der Waals surface area contributed by atoms with Gasteiger partial charge in [-0.2, -0.15) is 0 Å². The fraction of sp³-hybridized carbons (Fsp3) is 0.143. The maximum Gasteiger partial charge on any atom is 0.331 e. The number of aromatic nitrogens is 2. The highest BCUT2D eigenvalue weighted by molar-refractivity contribution is 7.92. The number of aryl methyl sites for hydroxylation is 1. The smallest absolute Gasteiger partial charge is 0.331 e. The monoisotopic (exact) mass is 453 g/mol. The highest BCUT2D eigenvalue weighted by Crippen LogP contribution is 2.32. The molecule has 0 fully saturated rings. The van der Waals surface area contributed by atoms with Gasteiger partial charge >= 0.3 is 5.97 Å². The number of amides is 1. The maximum atomic E-state index is 12.6. The van der Waals surface area contributed by atoms with Gasteiger partial charge in [-0.05, 0) is 55.0 Å². The molecule has 1 aliphatic rings. The lowest BCUT2D eigenvalue weighted by atomic mass is 10.1. The number of esters is 1. The van der Waals surface area contributed by atoms with Gasteiger partial charge < -0.3 is 15.0 Å². The van der Waals surface area contributed by atoms with Gasteiger partial charge in [0.2, 0.25) is 11.9 Å². The summed E-state index contributed by atoms with van der Waals surface area (Å²) in [5.74, 6) is -0.443. The van der Waals surface area contributed by atoms with Gasteiger partial charge in [-0.15, -0.1) is 0 Å². The molecule has 0 aliphatic carbocycles. The summed E-state index contributed by atoms with van der Waals surface area (Å²) in [4.78, 5) is 33.7. The van der Waals surface area contributed by atoms with Crippen molar-refractivity contribution in [1.82, 2.24) is 9.97 Å². The molecule has 1 amide bonds. The first kappa shape index (κ1) is 21.2. The van der Waals surface area contributed by atoms with Gasteiger partial charge in [0.1, 0.15) is 6.54 Å². The van der Waals surface area contributed by atoms with E-state index in [0.29, 0.717) is 17.1 Å². The van der Waals surface area contributed by atoms with Crippen molar-refractivity contribution >= 4 is 39.2 Å². The van der Waals surface area contributed by atoms with Gasteiger partial charge in [-0.3, -0.25) is 4.79 Å². The van der Waals surface area contributed by atoms with Gasteiger partial charge in [0.15, 0.2) is 5.75 Å². The van der Waals surface area contributed by atoms with E-state index in [1.165, 1.54) is 36.7 Å². The molecule has 10 nitrogen and oxygen atoms in total. The van der Waals surface area contributed by atoms with E-state index in [0.717, 1.165) is 5.56 Å². The van der Waals surface area contributed by atoms with Crippen molar-refractivity contribution in [2.45, 2.75) is 11.8 Å². The van der Waals surface area contributed by atoms with E-state index in [9.17, 15) is 18.0 Å². The zero-order valence-electron chi connectivity index (χ0n) is 17.0. The Kier molecular flexibility index (Phi) is 5.73. The van der Waals surface area contributed by atoms with E-state index in [-0.39, 0.29) is 29.8 Å². The third-order valence-corrected chi connectivity index (χ3v) is 5.92. The Hall–Kier alpha value is -3.99. The molecular weight excluding hydrogens is 434 g/mol. The summed E-state index contributed by atoms with van der Waals surface area (Å²) in [5, 5.41) is 2.71. The Morgan fingerprint density at radius 1 is 1.12 bits per heavy atom. The number of fused-ring (bicyclic) bond motifs is 1. The molecule has 11 heteroatoms. The van der Waals surface area contributed by atoms with Crippen LogP contribution in [0.25, 0.3) is 0 Å². The molecule has 2 N–H and O–H groups in total. The van der Waals surface area contributed by atoms with Crippen LogP contribution in [-0.2, 0) is 19.6 Å². The number of sulfonamides is 1. The molecule has 3 aromatic rings. The lowest BCUT2D eigenvalue weighted by Crippen LogP contribution is -2.41. The predicted octanol–water partition coefficient (Wildman–Crippen LogP) is 1.95. The second kappa shape index (κ2) is 8.63. The van der Waals surface area contributed by atoms with Crippen LogP contribution in [-0.4, -0.2) is 43.4 Å². The van der Waals surface area contributed by atoms with E-state index in [1.807, 2.05) is 19.1 Å².